The van der Waals surface area contributed by atoms with Crippen LogP contribution in [0.1, 0.15) is 13.8 Å². The van der Waals surface area contributed by atoms with Crippen LogP contribution in [-0.2, 0) is 4.79 Å². The zero-order valence-corrected chi connectivity index (χ0v) is 11.1. The van der Waals surface area contributed by atoms with Crippen LogP contribution >= 0.6 is 46.4 Å². The van der Waals surface area contributed by atoms with Crippen molar-refractivity contribution in [2.24, 2.45) is 17.3 Å². The van der Waals surface area contributed by atoms with Crippen LogP contribution in [0.3, 0.4) is 0 Å². The largest absolute Gasteiger partial charge is 0.481 e. The standard InChI is InChI=1S/C9H10Cl4O2/c1-8(2)4(6(8)7(14)15)3-5(10)9(11,12)13/h3-4,6H,1-2H3,(H,14,15)/t4-,6-/m1/s1. The maximum absolute atomic E-state index is 10.8. The number of halogens is 4. The summed E-state index contributed by atoms with van der Waals surface area (Å²) in [5.41, 5.74) is -0.331. The molecule has 0 spiro atoms. The third-order valence-corrected chi connectivity index (χ3v) is 4.08. The Balaban J connectivity index is 2.83. The number of aliphatic carboxylic acids is 1. The molecule has 0 unspecified atom stereocenters. The van der Waals surface area contributed by atoms with Gasteiger partial charge in [-0.25, -0.2) is 0 Å². The molecule has 1 aliphatic rings. The smallest absolute Gasteiger partial charge is 0.307 e. The van der Waals surface area contributed by atoms with E-state index in [0.29, 0.717) is 0 Å². The Morgan fingerprint density at radius 1 is 1.40 bits per heavy atom. The van der Waals surface area contributed by atoms with Gasteiger partial charge in [0.05, 0.1) is 11.0 Å². The maximum atomic E-state index is 10.8. The molecular weight excluding hydrogens is 282 g/mol. The molecule has 0 heterocycles. The SMILES string of the molecule is CC1(C)[C@H](C=C(Cl)C(Cl)(Cl)Cl)[C@@H]1C(=O)O. The molecule has 1 saturated carbocycles. The van der Waals surface area contributed by atoms with Crippen LogP contribution in [0.5, 0.6) is 0 Å². The van der Waals surface area contributed by atoms with Crippen molar-refractivity contribution in [2.45, 2.75) is 17.6 Å². The van der Waals surface area contributed by atoms with Crippen LogP contribution in [0.25, 0.3) is 0 Å². The topological polar surface area (TPSA) is 37.3 Å². The first-order valence-corrected chi connectivity index (χ1v) is 5.77. The normalized spacial score (nSPS) is 30.1. The van der Waals surface area contributed by atoms with Crippen molar-refractivity contribution in [2.75, 3.05) is 0 Å². The Morgan fingerprint density at radius 2 is 1.87 bits per heavy atom. The van der Waals surface area contributed by atoms with Crippen molar-refractivity contribution in [1.29, 1.82) is 0 Å². The Hall–Kier alpha value is 0.370. The molecule has 0 aromatic rings. The van der Waals surface area contributed by atoms with E-state index in [0.717, 1.165) is 0 Å². The summed E-state index contributed by atoms with van der Waals surface area (Å²) in [6, 6.07) is 0. The lowest BCUT2D eigenvalue weighted by Crippen LogP contribution is -2.03. The highest BCUT2D eigenvalue weighted by atomic mass is 35.6. The zero-order valence-electron chi connectivity index (χ0n) is 8.10. The molecule has 1 aliphatic carbocycles. The van der Waals surface area contributed by atoms with Gasteiger partial charge < -0.3 is 5.11 Å². The van der Waals surface area contributed by atoms with Crippen molar-refractivity contribution >= 4 is 52.4 Å². The van der Waals surface area contributed by atoms with E-state index in [-0.39, 0.29) is 16.4 Å². The summed E-state index contributed by atoms with van der Waals surface area (Å²) in [6.07, 6.45) is 1.52. The number of carboxylic acids is 1. The minimum Gasteiger partial charge on any atom is -0.481 e. The molecule has 0 radical (unpaired) electrons. The van der Waals surface area contributed by atoms with Gasteiger partial charge in [-0.3, -0.25) is 4.79 Å². The summed E-state index contributed by atoms with van der Waals surface area (Å²) in [4.78, 5) is 10.8. The van der Waals surface area contributed by atoms with Crippen LogP contribution in [-0.4, -0.2) is 14.9 Å². The van der Waals surface area contributed by atoms with Crippen molar-refractivity contribution in [3.63, 3.8) is 0 Å². The highest BCUT2D eigenvalue weighted by Gasteiger charge is 2.61. The Bertz CT molecular complexity index is 317. The molecule has 1 N–H and O–H groups in total. The molecule has 6 heteroatoms. The number of rotatable bonds is 2. The van der Waals surface area contributed by atoms with Crippen LogP contribution in [0.15, 0.2) is 11.1 Å². The number of hydrogen-bond donors (Lipinski definition) is 1. The molecule has 0 saturated heterocycles. The molecule has 1 rings (SSSR count). The van der Waals surface area contributed by atoms with Gasteiger partial charge in [0.2, 0.25) is 3.79 Å². The van der Waals surface area contributed by atoms with Gasteiger partial charge in [0, 0.05) is 0 Å². The van der Waals surface area contributed by atoms with E-state index in [2.05, 4.69) is 0 Å². The fraction of sp³-hybridized carbons (Fsp3) is 0.667. The van der Waals surface area contributed by atoms with Crippen molar-refractivity contribution in [3.8, 4) is 0 Å². The summed E-state index contributed by atoms with van der Waals surface area (Å²) in [6.45, 7) is 3.69. The van der Waals surface area contributed by atoms with E-state index < -0.39 is 15.7 Å². The van der Waals surface area contributed by atoms with E-state index in [1.807, 2.05) is 13.8 Å². The van der Waals surface area contributed by atoms with Crippen LogP contribution in [0, 0.1) is 17.3 Å². The lowest BCUT2D eigenvalue weighted by atomic mass is 10.1. The lowest BCUT2D eigenvalue weighted by molar-refractivity contribution is -0.139. The third-order valence-electron chi connectivity index (χ3n) is 2.77. The second-order valence-electron chi connectivity index (χ2n) is 4.18. The van der Waals surface area contributed by atoms with Gasteiger partial charge in [-0.15, -0.1) is 0 Å². The van der Waals surface area contributed by atoms with Crippen LogP contribution in [0.4, 0.5) is 0 Å². The van der Waals surface area contributed by atoms with Crippen molar-refractivity contribution in [1.82, 2.24) is 0 Å². The molecule has 0 aliphatic heterocycles. The molecular formula is C9H10Cl4O2. The maximum Gasteiger partial charge on any atom is 0.307 e. The minimum absolute atomic E-state index is 0.0503. The molecule has 0 bridgehead atoms. The number of hydrogen-bond acceptors (Lipinski definition) is 1. The van der Waals surface area contributed by atoms with Crippen LogP contribution < -0.4 is 0 Å². The first-order chi connectivity index (χ1) is 6.58. The number of alkyl halides is 3. The predicted octanol–water partition coefficient (Wildman–Crippen LogP) is 3.84. The predicted molar refractivity (Wildman–Crippen MR) is 62.6 cm³/mol. The fourth-order valence-corrected chi connectivity index (χ4v) is 2.04. The molecule has 2 nitrogen and oxygen atoms in total. The van der Waals surface area contributed by atoms with Gasteiger partial charge in [-0.2, -0.15) is 0 Å². The van der Waals surface area contributed by atoms with Gasteiger partial charge in [-0.1, -0.05) is 66.3 Å². The minimum atomic E-state index is -1.68. The molecule has 2 atom stereocenters. The van der Waals surface area contributed by atoms with E-state index in [9.17, 15) is 4.79 Å². The van der Waals surface area contributed by atoms with Gasteiger partial charge in [0.25, 0.3) is 0 Å². The Labute approximate surface area is 108 Å². The first-order valence-electron chi connectivity index (χ1n) is 4.26. The summed E-state index contributed by atoms with van der Waals surface area (Å²) in [5, 5.41) is 8.95. The fourth-order valence-electron chi connectivity index (χ4n) is 1.71. The molecule has 0 amide bonds. The highest BCUT2D eigenvalue weighted by molar-refractivity contribution is 6.72. The average molecular weight is 292 g/mol. The van der Waals surface area contributed by atoms with Gasteiger partial charge in [0.1, 0.15) is 0 Å². The van der Waals surface area contributed by atoms with Crippen LogP contribution in [0.2, 0.25) is 0 Å². The van der Waals surface area contributed by atoms with Crippen molar-refractivity contribution in [3.05, 3.63) is 11.1 Å². The zero-order chi connectivity index (χ0) is 12.0. The Morgan fingerprint density at radius 3 is 2.13 bits per heavy atom. The van der Waals surface area contributed by atoms with Gasteiger partial charge in [-0.05, 0) is 11.3 Å². The summed E-state index contributed by atoms with van der Waals surface area (Å²) in [5.74, 6) is -1.49. The quantitative estimate of drug-likeness (QED) is 0.785. The number of carboxylic acid groups (broad SMARTS) is 1. The molecule has 0 aromatic carbocycles. The van der Waals surface area contributed by atoms with Gasteiger partial charge >= 0.3 is 5.97 Å². The second-order valence-corrected chi connectivity index (χ2v) is 6.86. The van der Waals surface area contributed by atoms with E-state index in [1.54, 1.807) is 0 Å². The highest BCUT2D eigenvalue weighted by Crippen LogP contribution is 2.60. The number of carbonyl (C=O) groups is 1. The van der Waals surface area contributed by atoms with E-state index in [1.165, 1.54) is 6.08 Å². The molecule has 86 valence electrons. The molecule has 15 heavy (non-hydrogen) atoms. The van der Waals surface area contributed by atoms with Gasteiger partial charge in [0.15, 0.2) is 0 Å². The van der Waals surface area contributed by atoms with Crippen molar-refractivity contribution < 1.29 is 9.90 Å². The first kappa shape index (κ1) is 13.4. The summed E-state index contributed by atoms with van der Waals surface area (Å²) < 4.78 is -1.68. The van der Waals surface area contributed by atoms with E-state index in [4.69, 9.17) is 51.5 Å². The summed E-state index contributed by atoms with van der Waals surface area (Å²) in [7, 11) is 0. The average Bonchev–Trinajstić information content (AvgIpc) is 2.50. The lowest BCUT2D eigenvalue weighted by Gasteiger charge is -2.09. The Kier molecular flexibility index (Phi) is 3.57. The molecule has 1 fully saturated rings. The molecule has 0 aromatic heterocycles. The van der Waals surface area contributed by atoms with E-state index >= 15 is 0 Å². The second kappa shape index (κ2) is 3.99. The monoisotopic (exact) mass is 290 g/mol. The number of allylic oxidation sites excluding steroid dienone is 2. The third kappa shape index (κ3) is 2.73. The summed E-state index contributed by atoms with van der Waals surface area (Å²) >= 11 is 22.4.